The van der Waals surface area contributed by atoms with Crippen LogP contribution in [0.1, 0.15) is 26.7 Å². The number of hydrogen-bond donors (Lipinski definition) is 1. The van der Waals surface area contributed by atoms with E-state index in [1.807, 2.05) is 0 Å². The van der Waals surface area contributed by atoms with Crippen molar-refractivity contribution in [3.8, 4) is 0 Å². The monoisotopic (exact) mass is 184 g/mol. The highest BCUT2D eigenvalue weighted by atomic mass is 16.1. The molecule has 1 aliphatic rings. The molecule has 1 aliphatic heterocycles. The van der Waals surface area contributed by atoms with Gasteiger partial charge in [-0.2, -0.15) is 0 Å². The Balaban J connectivity index is 2.21. The normalized spacial score (nSPS) is 24.1. The zero-order chi connectivity index (χ0) is 9.84. The lowest BCUT2D eigenvalue weighted by atomic mass is 9.95. The lowest BCUT2D eigenvalue weighted by Crippen LogP contribution is -2.26. The summed E-state index contributed by atoms with van der Waals surface area (Å²) in [6.45, 7) is 7.66. The third kappa shape index (κ3) is 3.35. The Morgan fingerprint density at radius 2 is 2.31 bits per heavy atom. The first kappa shape index (κ1) is 10.5. The maximum absolute atomic E-state index is 10.6. The van der Waals surface area contributed by atoms with E-state index in [2.05, 4.69) is 18.7 Å². The van der Waals surface area contributed by atoms with Gasteiger partial charge in [-0.25, -0.2) is 0 Å². The zero-order valence-corrected chi connectivity index (χ0v) is 8.62. The second kappa shape index (κ2) is 4.61. The van der Waals surface area contributed by atoms with Crippen LogP contribution in [0.25, 0.3) is 0 Å². The average molecular weight is 184 g/mol. The van der Waals surface area contributed by atoms with Crippen LogP contribution in [0.2, 0.25) is 0 Å². The SMILES string of the molecule is CC(C)C1CCN(CCC(N)=O)C1. The maximum Gasteiger partial charge on any atom is 0.218 e. The Morgan fingerprint density at radius 1 is 1.62 bits per heavy atom. The molecule has 0 aromatic heterocycles. The van der Waals surface area contributed by atoms with Crippen LogP contribution in [0, 0.1) is 11.8 Å². The Bertz CT molecular complexity index is 180. The molecule has 3 nitrogen and oxygen atoms in total. The molecule has 1 heterocycles. The van der Waals surface area contributed by atoms with Crippen molar-refractivity contribution in [2.75, 3.05) is 19.6 Å². The van der Waals surface area contributed by atoms with Crippen molar-refractivity contribution < 1.29 is 4.79 Å². The summed E-state index contributed by atoms with van der Waals surface area (Å²) in [5.41, 5.74) is 5.10. The molecule has 1 unspecified atom stereocenters. The van der Waals surface area contributed by atoms with Gasteiger partial charge in [-0.1, -0.05) is 13.8 Å². The van der Waals surface area contributed by atoms with Gasteiger partial charge >= 0.3 is 0 Å². The van der Waals surface area contributed by atoms with Crippen molar-refractivity contribution in [3.05, 3.63) is 0 Å². The van der Waals surface area contributed by atoms with Gasteiger partial charge in [-0.3, -0.25) is 4.79 Å². The van der Waals surface area contributed by atoms with Gasteiger partial charge in [0.25, 0.3) is 0 Å². The van der Waals surface area contributed by atoms with E-state index in [1.165, 1.54) is 6.42 Å². The van der Waals surface area contributed by atoms with E-state index in [0.717, 1.165) is 31.5 Å². The van der Waals surface area contributed by atoms with Gasteiger partial charge < -0.3 is 10.6 Å². The Hall–Kier alpha value is -0.570. The minimum Gasteiger partial charge on any atom is -0.370 e. The van der Waals surface area contributed by atoms with Crippen LogP contribution in [0.4, 0.5) is 0 Å². The molecule has 0 saturated carbocycles. The molecule has 0 bridgehead atoms. The maximum atomic E-state index is 10.6. The molecule has 13 heavy (non-hydrogen) atoms. The smallest absolute Gasteiger partial charge is 0.218 e. The summed E-state index contributed by atoms with van der Waals surface area (Å²) in [5.74, 6) is 1.39. The molecule has 1 amide bonds. The highest BCUT2D eigenvalue weighted by Crippen LogP contribution is 2.23. The summed E-state index contributed by atoms with van der Waals surface area (Å²) in [6, 6.07) is 0. The van der Waals surface area contributed by atoms with E-state index in [0.29, 0.717) is 6.42 Å². The van der Waals surface area contributed by atoms with Gasteiger partial charge in [-0.15, -0.1) is 0 Å². The van der Waals surface area contributed by atoms with E-state index >= 15 is 0 Å². The number of rotatable bonds is 4. The second-order valence-electron chi connectivity index (χ2n) is 4.31. The Labute approximate surface area is 80.3 Å². The lowest BCUT2D eigenvalue weighted by molar-refractivity contribution is -0.118. The predicted octanol–water partition coefficient (Wildman–Crippen LogP) is 0.840. The van der Waals surface area contributed by atoms with Crippen molar-refractivity contribution in [1.82, 2.24) is 4.90 Å². The van der Waals surface area contributed by atoms with Crippen LogP contribution in [0.5, 0.6) is 0 Å². The predicted molar refractivity (Wildman–Crippen MR) is 53.2 cm³/mol. The van der Waals surface area contributed by atoms with E-state index in [4.69, 9.17) is 5.73 Å². The molecule has 1 fully saturated rings. The number of nitrogens with two attached hydrogens (primary N) is 1. The second-order valence-corrected chi connectivity index (χ2v) is 4.31. The number of amides is 1. The van der Waals surface area contributed by atoms with Crippen molar-refractivity contribution in [2.45, 2.75) is 26.7 Å². The average Bonchev–Trinajstić information content (AvgIpc) is 2.48. The third-order valence-corrected chi connectivity index (χ3v) is 2.93. The van der Waals surface area contributed by atoms with Crippen molar-refractivity contribution >= 4 is 5.91 Å². The Morgan fingerprint density at radius 3 is 2.77 bits per heavy atom. The van der Waals surface area contributed by atoms with E-state index < -0.39 is 0 Å². The minimum atomic E-state index is -0.187. The number of nitrogens with zero attached hydrogens (tertiary/aromatic N) is 1. The quantitative estimate of drug-likeness (QED) is 0.703. The topological polar surface area (TPSA) is 46.3 Å². The van der Waals surface area contributed by atoms with Crippen LogP contribution in [-0.4, -0.2) is 30.4 Å². The summed E-state index contributed by atoms with van der Waals surface area (Å²) in [6.07, 6.45) is 1.78. The van der Waals surface area contributed by atoms with Crippen molar-refractivity contribution in [2.24, 2.45) is 17.6 Å². The largest absolute Gasteiger partial charge is 0.370 e. The third-order valence-electron chi connectivity index (χ3n) is 2.93. The molecule has 0 aromatic rings. The van der Waals surface area contributed by atoms with Crippen molar-refractivity contribution in [3.63, 3.8) is 0 Å². The molecule has 3 heteroatoms. The van der Waals surface area contributed by atoms with E-state index in [1.54, 1.807) is 0 Å². The first-order chi connectivity index (χ1) is 6.09. The Kier molecular flexibility index (Phi) is 3.72. The van der Waals surface area contributed by atoms with Crippen LogP contribution < -0.4 is 5.73 Å². The van der Waals surface area contributed by atoms with Gasteiger partial charge in [0.15, 0.2) is 0 Å². The molecule has 2 N–H and O–H groups in total. The number of primary amides is 1. The lowest BCUT2D eigenvalue weighted by Gasteiger charge is -2.16. The first-order valence-corrected chi connectivity index (χ1v) is 5.10. The van der Waals surface area contributed by atoms with Gasteiger partial charge in [0.1, 0.15) is 0 Å². The summed E-state index contributed by atoms with van der Waals surface area (Å²) >= 11 is 0. The zero-order valence-electron chi connectivity index (χ0n) is 8.62. The van der Waals surface area contributed by atoms with Gasteiger partial charge in [0.2, 0.25) is 5.91 Å². The van der Waals surface area contributed by atoms with Gasteiger partial charge in [0, 0.05) is 19.5 Å². The number of hydrogen-bond acceptors (Lipinski definition) is 2. The molecule has 1 saturated heterocycles. The van der Waals surface area contributed by atoms with Crippen LogP contribution in [0.3, 0.4) is 0 Å². The van der Waals surface area contributed by atoms with Gasteiger partial charge in [-0.05, 0) is 24.8 Å². The molecule has 1 rings (SSSR count). The van der Waals surface area contributed by atoms with Crippen molar-refractivity contribution in [1.29, 1.82) is 0 Å². The molecule has 1 atom stereocenters. The standard InChI is InChI=1S/C10H20N2O/c1-8(2)9-3-5-12(7-9)6-4-10(11)13/h8-9H,3-7H2,1-2H3,(H2,11,13). The first-order valence-electron chi connectivity index (χ1n) is 5.10. The molecule has 0 aromatic carbocycles. The fraction of sp³-hybridized carbons (Fsp3) is 0.900. The fourth-order valence-electron chi connectivity index (χ4n) is 1.88. The molecule has 76 valence electrons. The number of carbonyl (C=O) groups is 1. The molecule has 0 aliphatic carbocycles. The summed E-state index contributed by atoms with van der Waals surface area (Å²) in [4.78, 5) is 12.9. The molecular formula is C10H20N2O. The number of carbonyl (C=O) groups excluding carboxylic acids is 1. The fourth-order valence-corrected chi connectivity index (χ4v) is 1.88. The summed E-state index contributed by atoms with van der Waals surface area (Å²) < 4.78 is 0. The summed E-state index contributed by atoms with van der Waals surface area (Å²) in [7, 11) is 0. The molecular weight excluding hydrogens is 164 g/mol. The highest BCUT2D eigenvalue weighted by molar-refractivity contribution is 5.73. The number of likely N-dealkylation sites (tertiary alicyclic amines) is 1. The molecule has 0 radical (unpaired) electrons. The minimum absolute atomic E-state index is 0.187. The van der Waals surface area contributed by atoms with E-state index in [9.17, 15) is 4.79 Å². The summed E-state index contributed by atoms with van der Waals surface area (Å²) in [5, 5.41) is 0. The van der Waals surface area contributed by atoms with Crippen LogP contribution >= 0.6 is 0 Å². The highest BCUT2D eigenvalue weighted by Gasteiger charge is 2.24. The van der Waals surface area contributed by atoms with Crippen LogP contribution in [0.15, 0.2) is 0 Å². The van der Waals surface area contributed by atoms with E-state index in [-0.39, 0.29) is 5.91 Å². The van der Waals surface area contributed by atoms with Gasteiger partial charge in [0.05, 0.1) is 0 Å². The molecule has 0 spiro atoms. The van der Waals surface area contributed by atoms with Crippen LogP contribution in [-0.2, 0) is 4.79 Å².